The van der Waals surface area contributed by atoms with Gasteiger partial charge in [0.2, 0.25) is 0 Å². The van der Waals surface area contributed by atoms with Gasteiger partial charge in [-0.05, 0) is 181 Å². The monoisotopic (exact) mass is 1200 g/mol. The highest BCUT2D eigenvalue weighted by molar-refractivity contribution is 6.29. The van der Waals surface area contributed by atoms with Crippen molar-refractivity contribution in [3.05, 3.63) is 326 Å². The Hall–Kier alpha value is -11.7. The van der Waals surface area contributed by atoms with Crippen molar-refractivity contribution in [2.75, 3.05) is 0 Å². The van der Waals surface area contributed by atoms with Gasteiger partial charge in [0.05, 0.1) is 44.1 Å². The lowest BCUT2D eigenvalue weighted by Gasteiger charge is -2.24. The zero-order chi connectivity index (χ0) is 62.3. The first-order chi connectivity index (χ1) is 46.2. The van der Waals surface area contributed by atoms with Gasteiger partial charge in [-0.25, -0.2) is 0 Å². The molecule has 0 saturated carbocycles. The molecule has 4 heteroatoms. The summed E-state index contributed by atoms with van der Waals surface area (Å²) in [6.45, 7) is 9.58. The largest absolute Gasteiger partial charge is 0.309 e. The molecule has 0 aliphatic heterocycles. The molecule has 0 fully saturated rings. The molecule has 2 aliphatic carbocycles. The normalized spacial score (nSPS) is 13.7. The van der Waals surface area contributed by atoms with Gasteiger partial charge in [0, 0.05) is 76.7 Å². The van der Waals surface area contributed by atoms with Gasteiger partial charge in [0.15, 0.2) is 0 Å². The molecule has 14 aromatic carbocycles. The van der Waals surface area contributed by atoms with Gasteiger partial charge in [-0.2, -0.15) is 0 Å². The second-order valence-electron chi connectivity index (χ2n) is 27.1. The van der Waals surface area contributed by atoms with E-state index in [0.29, 0.717) is 0 Å². The van der Waals surface area contributed by atoms with Crippen LogP contribution in [0.4, 0.5) is 0 Å². The molecule has 18 aromatic rings. The molecule has 0 saturated heterocycles. The molecule has 0 radical (unpaired) electrons. The Morgan fingerprint density at radius 1 is 0.213 bits per heavy atom. The predicted octanol–water partition coefficient (Wildman–Crippen LogP) is 23.7. The number of aromatic nitrogens is 4. The average Bonchev–Trinajstić information content (AvgIpc) is 1.56. The molecule has 0 amide bonds. The summed E-state index contributed by atoms with van der Waals surface area (Å²) in [7, 11) is 0. The third kappa shape index (κ3) is 7.22. The molecule has 4 heterocycles. The minimum atomic E-state index is -0.305. The third-order valence-corrected chi connectivity index (χ3v) is 21.5. The molecule has 4 nitrogen and oxygen atoms in total. The molecule has 0 N–H and O–H groups in total. The number of benzene rings is 14. The number of hydrogen-bond donors (Lipinski definition) is 0. The number of nitrogens with zero attached hydrogens (tertiary/aromatic N) is 4. The summed E-state index contributed by atoms with van der Waals surface area (Å²) >= 11 is 0. The summed E-state index contributed by atoms with van der Waals surface area (Å²) in [6.07, 6.45) is 0. The lowest BCUT2D eigenvalue weighted by Crippen LogP contribution is -2.16. The second-order valence-corrected chi connectivity index (χ2v) is 27.1. The molecule has 0 spiro atoms. The second kappa shape index (κ2) is 19.4. The molecular weight excluding hydrogens is 1140 g/mol. The van der Waals surface area contributed by atoms with Gasteiger partial charge in [-0.15, -0.1) is 0 Å². The Balaban J connectivity index is 0.746. The van der Waals surface area contributed by atoms with Crippen molar-refractivity contribution < 1.29 is 0 Å². The van der Waals surface area contributed by atoms with E-state index in [-0.39, 0.29) is 10.8 Å². The van der Waals surface area contributed by atoms with Gasteiger partial charge in [-0.1, -0.05) is 228 Å². The van der Waals surface area contributed by atoms with Crippen molar-refractivity contribution in [3.63, 3.8) is 0 Å². The van der Waals surface area contributed by atoms with Crippen LogP contribution < -0.4 is 0 Å². The van der Waals surface area contributed by atoms with Crippen LogP contribution in [-0.4, -0.2) is 18.3 Å². The van der Waals surface area contributed by atoms with Crippen molar-refractivity contribution >= 4 is 87.2 Å². The maximum absolute atomic E-state index is 2.53. The van der Waals surface area contributed by atoms with Crippen molar-refractivity contribution in [2.24, 2.45) is 0 Å². The van der Waals surface area contributed by atoms with E-state index in [2.05, 4.69) is 349 Å². The predicted molar refractivity (Wildman–Crippen MR) is 395 cm³/mol. The van der Waals surface area contributed by atoms with Crippen LogP contribution in [0.15, 0.2) is 303 Å². The van der Waals surface area contributed by atoms with Crippen LogP contribution >= 0.6 is 0 Å². The van der Waals surface area contributed by atoms with E-state index in [9.17, 15) is 0 Å². The molecule has 2 aliphatic rings. The quantitative estimate of drug-likeness (QED) is 0.152. The third-order valence-electron chi connectivity index (χ3n) is 21.5. The van der Waals surface area contributed by atoms with Crippen molar-refractivity contribution in [2.45, 2.75) is 38.5 Å². The summed E-state index contributed by atoms with van der Waals surface area (Å²) in [6, 6.07) is 114. The van der Waals surface area contributed by atoms with E-state index < -0.39 is 0 Å². The fraction of sp³-hybridized carbons (Fsp3) is 0.0667. The molecule has 20 rings (SSSR count). The van der Waals surface area contributed by atoms with Gasteiger partial charge in [-0.3, -0.25) is 0 Å². The highest BCUT2D eigenvalue weighted by atomic mass is 15.0. The SMILES string of the molecule is CC1(C)c2ccccc2-c2cc(-c3ccc(-n4c5cc6c(cc5c5c(-c7cccc8c7-c7cccc(-c9ccc(-n%10c%11ccccc%11c%11c%12c%13ccccc%13n(-c%13ccccc%13)c%12ccc%11%10)cc9)c7C8(C)C)cccc54)c4ccccc4n6-c4ccccc4)cc3)ccc21. The van der Waals surface area contributed by atoms with Crippen LogP contribution in [0.25, 0.3) is 166 Å². The minimum Gasteiger partial charge on any atom is -0.309 e. The molecule has 442 valence electrons. The van der Waals surface area contributed by atoms with E-state index in [4.69, 9.17) is 0 Å². The van der Waals surface area contributed by atoms with Crippen LogP contribution in [0.2, 0.25) is 0 Å². The lowest BCUT2D eigenvalue weighted by molar-refractivity contribution is 0.660. The molecule has 4 aromatic heterocycles. The Morgan fingerprint density at radius 3 is 1.32 bits per heavy atom. The molecule has 0 atom stereocenters. The minimum absolute atomic E-state index is 0.0435. The summed E-state index contributed by atoms with van der Waals surface area (Å²) in [4.78, 5) is 0. The Bertz CT molecular complexity index is 6240. The van der Waals surface area contributed by atoms with Crippen LogP contribution in [0.5, 0.6) is 0 Å². The lowest BCUT2D eigenvalue weighted by atomic mass is 9.78. The van der Waals surface area contributed by atoms with Crippen molar-refractivity contribution in [1.82, 2.24) is 18.3 Å². The topological polar surface area (TPSA) is 19.7 Å². The molecule has 0 bridgehead atoms. The summed E-state index contributed by atoms with van der Waals surface area (Å²) in [5, 5.41) is 10.0. The zero-order valence-electron chi connectivity index (χ0n) is 52.7. The summed E-state index contributed by atoms with van der Waals surface area (Å²) < 4.78 is 9.87. The fourth-order valence-electron chi connectivity index (χ4n) is 17.4. The van der Waals surface area contributed by atoms with E-state index in [0.717, 1.165) is 22.7 Å². The van der Waals surface area contributed by atoms with E-state index >= 15 is 0 Å². The van der Waals surface area contributed by atoms with Crippen LogP contribution in [0.1, 0.15) is 49.9 Å². The van der Waals surface area contributed by atoms with Gasteiger partial charge in [0.25, 0.3) is 0 Å². The van der Waals surface area contributed by atoms with Crippen molar-refractivity contribution in [1.29, 1.82) is 0 Å². The number of fused-ring (bicyclic) bond motifs is 19. The highest BCUT2D eigenvalue weighted by Crippen LogP contribution is 2.57. The number of rotatable bonds is 7. The maximum atomic E-state index is 2.53. The fourth-order valence-corrected chi connectivity index (χ4v) is 17.4. The number of para-hydroxylation sites is 5. The molecule has 94 heavy (non-hydrogen) atoms. The van der Waals surface area contributed by atoms with Gasteiger partial charge >= 0.3 is 0 Å². The van der Waals surface area contributed by atoms with E-state index in [1.165, 1.54) is 165 Å². The van der Waals surface area contributed by atoms with E-state index in [1.54, 1.807) is 0 Å². The smallest absolute Gasteiger partial charge is 0.0562 e. The summed E-state index contributed by atoms with van der Waals surface area (Å²) in [5.74, 6) is 0. The first-order valence-electron chi connectivity index (χ1n) is 33.0. The number of hydrogen-bond acceptors (Lipinski definition) is 0. The standard InChI is InChI=1S/C90H62N4/c1-89(2)73-34-15-11-26-63(73)70-52-57(44-49-74(70)89)55-40-45-61(46-41-55)94-79-39-21-32-66(85(79)72-53-71-64-27-12-16-36-76(64)93(82(71)54-83(72)94)59-24-9-6-10-25-59)65-31-20-35-75-84(65)69-33-19-30-62(88(69)90(75,3)4)56-42-47-60(48-43-56)92-78-38-18-14-29-68(78)87-81(92)51-50-80-86(87)67-28-13-17-37-77(67)91(80)58-22-7-5-8-23-58/h5-54H,1-4H3. The van der Waals surface area contributed by atoms with Crippen molar-refractivity contribution in [3.8, 4) is 78.4 Å². The Labute approximate surface area is 544 Å². The Kier molecular flexibility index (Phi) is 10.9. The zero-order valence-corrected chi connectivity index (χ0v) is 52.7. The highest BCUT2D eigenvalue weighted by Gasteiger charge is 2.40. The first kappa shape index (κ1) is 53.0. The van der Waals surface area contributed by atoms with Gasteiger partial charge in [0.1, 0.15) is 0 Å². The van der Waals surface area contributed by atoms with E-state index in [1.807, 2.05) is 0 Å². The van der Waals surface area contributed by atoms with Crippen LogP contribution in [0.3, 0.4) is 0 Å². The first-order valence-corrected chi connectivity index (χ1v) is 33.0. The molecular formula is C90H62N4. The average molecular weight is 1200 g/mol. The van der Waals surface area contributed by atoms with Crippen LogP contribution in [-0.2, 0) is 10.8 Å². The summed E-state index contributed by atoms with van der Waals surface area (Å²) in [5.41, 5.74) is 31.9. The van der Waals surface area contributed by atoms with Crippen LogP contribution in [0, 0.1) is 0 Å². The maximum Gasteiger partial charge on any atom is 0.0562 e. The molecule has 0 unspecified atom stereocenters. The Morgan fingerprint density at radius 2 is 0.649 bits per heavy atom. The van der Waals surface area contributed by atoms with Gasteiger partial charge < -0.3 is 18.3 Å².